The largest absolute Gasteiger partial charge is 0.444 e. The van der Waals surface area contributed by atoms with Gasteiger partial charge in [0.1, 0.15) is 5.60 Å². The van der Waals surface area contributed by atoms with Crippen LogP contribution in [0.15, 0.2) is 0 Å². The summed E-state index contributed by atoms with van der Waals surface area (Å²) in [5, 5.41) is 0. The summed E-state index contributed by atoms with van der Waals surface area (Å²) in [5.74, 6) is -0.0208. The zero-order valence-electron chi connectivity index (χ0n) is 10.2. The fourth-order valence-electron chi connectivity index (χ4n) is 1.59. The second-order valence-corrected chi connectivity index (χ2v) is 5.72. The maximum absolute atomic E-state index is 11.6. The van der Waals surface area contributed by atoms with Crippen LogP contribution in [0.1, 0.15) is 27.7 Å². The molecule has 1 saturated heterocycles. The summed E-state index contributed by atoms with van der Waals surface area (Å²) in [6, 6.07) is 0. The summed E-state index contributed by atoms with van der Waals surface area (Å²) in [6.07, 6.45) is -0.368. The first kappa shape index (κ1) is 13.3. The van der Waals surface area contributed by atoms with Crippen LogP contribution in [0.3, 0.4) is 0 Å². The number of hydrogen-bond donors (Lipinski definition) is 0. The summed E-state index contributed by atoms with van der Waals surface area (Å²) in [6.45, 7) is 8.05. The number of carbonyl (C=O) groups is 2. The van der Waals surface area contributed by atoms with E-state index in [1.165, 1.54) is 4.90 Å². The Kier molecular flexibility index (Phi) is 3.53. The van der Waals surface area contributed by atoms with E-state index in [0.717, 1.165) is 0 Å². The molecule has 0 bridgehead atoms. The molecular weight excluding hydrogens is 230 g/mol. The van der Waals surface area contributed by atoms with Crippen molar-refractivity contribution in [2.75, 3.05) is 19.0 Å². The van der Waals surface area contributed by atoms with Gasteiger partial charge < -0.3 is 9.64 Å². The van der Waals surface area contributed by atoms with Gasteiger partial charge >= 0.3 is 6.09 Å². The number of ether oxygens (including phenoxy) is 1. The van der Waals surface area contributed by atoms with E-state index in [1.807, 2.05) is 27.7 Å². The average molecular weight is 248 g/mol. The molecule has 0 aliphatic carbocycles. The van der Waals surface area contributed by atoms with Crippen LogP contribution in [-0.4, -0.2) is 41.3 Å². The molecule has 0 radical (unpaired) electrons. The maximum atomic E-state index is 11.6. The van der Waals surface area contributed by atoms with E-state index in [9.17, 15) is 9.59 Å². The third-order valence-electron chi connectivity index (χ3n) is 2.53. The van der Waals surface area contributed by atoms with Crippen LogP contribution in [0.4, 0.5) is 4.79 Å². The molecule has 1 heterocycles. The van der Waals surface area contributed by atoms with Gasteiger partial charge in [0.05, 0.1) is 11.3 Å². The number of Topliss-reactive ketones (excluding diaryl/α,β-unsaturated/α-hetero) is 1. The molecule has 1 aliphatic rings. The third kappa shape index (κ3) is 2.88. The minimum atomic E-state index is -0.500. The van der Waals surface area contributed by atoms with Crippen LogP contribution in [0.25, 0.3) is 0 Å². The van der Waals surface area contributed by atoms with Gasteiger partial charge in [-0.05, 0) is 27.7 Å². The van der Waals surface area contributed by atoms with Gasteiger partial charge in [-0.15, -0.1) is 11.6 Å². The first-order chi connectivity index (χ1) is 7.18. The minimum Gasteiger partial charge on any atom is -0.444 e. The van der Waals surface area contributed by atoms with Gasteiger partial charge in [-0.2, -0.15) is 0 Å². The lowest BCUT2D eigenvalue weighted by Gasteiger charge is -2.46. The topological polar surface area (TPSA) is 46.6 Å². The van der Waals surface area contributed by atoms with E-state index in [2.05, 4.69) is 0 Å². The van der Waals surface area contributed by atoms with E-state index < -0.39 is 11.0 Å². The molecule has 1 amide bonds. The molecule has 0 aromatic carbocycles. The number of ketones is 1. The fraction of sp³-hybridized carbons (Fsp3) is 0.818. The number of carbonyl (C=O) groups excluding carboxylic acids is 2. The van der Waals surface area contributed by atoms with E-state index in [-0.39, 0.29) is 17.8 Å². The lowest BCUT2D eigenvalue weighted by Crippen LogP contribution is -2.61. The first-order valence-corrected chi connectivity index (χ1v) is 5.79. The SMILES string of the molecule is CC(C)(C)OC(=O)N1CC(C)(C(=O)CCl)C1. The van der Waals surface area contributed by atoms with Crippen LogP contribution in [0, 0.1) is 5.41 Å². The molecule has 0 atom stereocenters. The van der Waals surface area contributed by atoms with E-state index in [1.54, 1.807) is 0 Å². The lowest BCUT2D eigenvalue weighted by molar-refractivity contribution is -0.133. The standard InChI is InChI=1S/C11H18ClNO3/c1-10(2,3)16-9(15)13-6-11(4,7-13)8(14)5-12/h5-7H2,1-4H3. The van der Waals surface area contributed by atoms with Crippen LogP contribution in [0.5, 0.6) is 0 Å². The number of alkyl halides is 1. The quantitative estimate of drug-likeness (QED) is 0.702. The molecule has 4 nitrogen and oxygen atoms in total. The Morgan fingerprint density at radius 3 is 2.25 bits per heavy atom. The second-order valence-electron chi connectivity index (χ2n) is 5.45. The summed E-state index contributed by atoms with van der Waals surface area (Å²) < 4.78 is 5.19. The van der Waals surface area contributed by atoms with Gasteiger partial charge in [-0.1, -0.05) is 0 Å². The zero-order valence-corrected chi connectivity index (χ0v) is 10.9. The monoisotopic (exact) mass is 247 g/mol. The van der Waals surface area contributed by atoms with Gasteiger partial charge in [0, 0.05) is 13.1 Å². The smallest absolute Gasteiger partial charge is 0.410 e. The van der Waals surface area contributed by atoms with Gasteiger partial charge in [-0.3, -0.25) is 4.79 Å². The van der Waals surface area contributed by atoms with Gasteiger partial charge in [0.25, 0.3) is 0 Å². The Labute approximate surface area is 101 Å². The molecule has 1 rings (SSSR count). The fourth-order valence-corrected chi connectivity index (χ4v) is 1.91. The van der Waals surface area contributed by atoms with Crippen LogP contribution < -0.4 is 0 Å². The molecule has 0 unspecified atom stereocenters. The van der Waals surface area contributed by atoms with E-state index in [4.69, 9.17) is 16.3 Å². The average Bonchev–Trinajstić information content (AvgIpc) is 2.08. The predicted molar refractivity (Wildman–Crippen MR) is 61.6 cm³/mol. The summed E-state index contributed by atoms with van der Waals surface area (Å²) in [5.41, 5.74) is -0.988. The minimum absolute atomic E-state index is 0.00133. The van der Waals surface area contributed by atoms with Crippen molar-refractivity contribution in [3.05, 3.63) is 0 Å². The van der Waals surface area contributed by atoms with Crippen molar-refractivity contribution in [2.24, 2.45) is 5.41 Å². The Morgan fingerprint density at radius 2 is 1.88 bits per heavy atom. The Morgan fingerprint density at radius 1 is 1.38 bits per heavy atom. The molecular formula is C11H18ClNO3. The van der Waals surface area contributed by atoms with Gasteiger partial charge in [0.2, 0.25) is 0 Å². The Bertz CT molecular complexity index is 303. The van der Waals surface area contributed by atoms with Gasteiger partial charge in [0.15, 0.2) is 5.78 Å². The third-order valence-corrected chi connectivity index (χ3v) is 2.77. The Balaban J connectivity index is 2.47. The van der Waals surface area contributed by atoms with Crippen LogP contribution in [-0.2, 0) is 9.53 Å². The van der Waals surface area contributed by atoms with Crippen LogP contribution in [0.2, 0.25) is 0 Å². The van der Waals surface area contributed by atoms with Crippen molar-refractivity contribution in [3.63, 3.8) is 0 Å². The summed E-state index contributed by atoms with van der Waals surface area (Å²) in [7, 11) is 0. The first-order valence-electron chi connectivity index (χ1n) is 5.25. The van der Waals surface area contributed by atoms with Crippen LogP contribution >= 0.6 is 11.6 Å². The number of amides is 1. The summed E-state index contributed by atoms with van der Waals surface area (Å²) >= 11 is 5.50. The predicted octanol–water partition coefficient (Wildman–Crippen LogP) is 2.05. The number of nitrogens with zero attached hydrogens (tertiary/aromatic N) is 1. The highest BCUT2D eigenvalue weighted by Gasteiger charge is 2.47. The molecule has 1 aliphatic heterocycles. The Hall–Kier alpha value is -0.770. The molecule has 5 heteroatoms. The molecule has 0 spiro atoms. The number of rotatable bonds is 2. The molecule has 1 fully saturated rings. The van der Waals surface area contributed by atoms with Gasteiger partial charge in [-0.25, -0.2) is 4.79 Å². The molecule has 0 aromatic rings. The van der Waals surface area contributed by atoms with Crippen molar-refractivity contribution in [3.8, 4) is 0 Å². The summed E-state index contributed by atoms with van der Waals surface area (Å²) in [4.78, 5) is 24.6. The number of likely N-dealkylation sites (tertiary alicyclic amines) is 1. The lowest BCUT2D eigenvalue weighted by atomic mass is 9.79. The highest BCUT2D eigenvalue weighted by molar-refractivity contribution is 6.28. The van der Waals surface area contributed by atoms with Crippen molar-refractivity contribution < 1.29 is 14.3 Å². The number of hydrogen-bond acceptors (Lipinski definition) is 3. The second kappa shape index (κ2) is 4.24. The molecule has 0 N–H and O–H groups in total. The van der Waals surface area contributed by atoms with Crippen molar-refractivity contribution in [1.82, 2.24) is 4.90 Å². The van der Waals surface area contributed by atoms with E-state index >= 15 is 0 Å². The highest BCUT2D eigenvalue weighted by atomic mass is 35.5. The van der Waals surface area contributed by atoms with Crippen molar-refractivity contribution >= 4 is 23.5 Å². The maximum Gasteiger partial charge on any atom is 0.410 e. The number of halogens is 1. The van der Waals surface area contributed by atoms with Crippen molar-refractivity contribution in [1.29, 1.82) is 0 Å². The molecule has 92 valence electrons. The zero-order chi connectivity index (χ0) is 12.6. The van der Waals surface area contributed by atoms with Crippen molar-refractivity contribution in [2.45, 2.75) is 33.3 Å². The highest BCUT2D eigenvalue weighted by Crippen LogP contribution is 2.32. The molecule has 16 heavy (non-hydrogen) atoms. The molecule has 0 aromatic heterocycles. The van der Waals surface area contributed by atoms with E-state index in [0.29, 0.717) is 13.1 Å². The normalized spacial score (nSPS) is 18.9. The molecule has 0 saturated carbocycles.